The molecule has 4 heteroatoms. The zero-order valence-electron chi connectivity index (χ0n) is 27.8. The van der Waals surface area contributed by atoms with E-state index in [1.54, 1.807) is 0 Å². The summed E-state index contributed by atoms with van der Waals surface area (Å²) in [5, 5.41) is 0. The van der Waals surface area contributed by atoms with Crippen molar-refractivity contribution in [3.63, 3.8) is 0 Å². The van der Waals surface area contributed by atoms with Gasteiger partial charge in [0, 0.05) is 42.7 Å². The summed E-state index contributed by atoms with van der Waals surface area (Å²) >= 11 is 1.84. The molecule has 0 spiro atoms. The Morgan fingerprint density at radius 1 is 0.380 bits per heavy atom. The van der Waals surface area contributed by atoms with Gasteiger partial charge in [0.15, 0.2) is 0 Å². The molecular weight excluding hydrogens is 627 g/mol. The second-order valence-corrected chi connectivity index (χ2v) is 13.7. The highest BCUT2D eigenvalue weighted by molar-refractivity contribution is 7.25. The third kappa shape index (κ3) is 5.13. The monoisotopic (exact) mass is 659 g/mol. The molecule has 2 aliphatic heterocycles. The fraction of sp³-hybridized carbons (Fsp3) is 0.0435. The van der Waals surface area contributed by atoms with Crippen molar-refractivity contribution in [1.82, 2.24) is 15.0 Å². The molecule has 5 heterocycles. The van der Waals surface area contributed by atoms with E-state index in [0.29, 0.717) is 0 Å². The van der Waals surface area contributed by atoms with E-state index in [1.165, 1.54) is 20.5 Å². The second kappa shape index (κ2) is 12.4. The zero-order chi connectivity index (χ0) is 33.6. The highest BCUT2D eigenvalue weighted by Crippen LogP contribution is 2.44. The van der Waals surface area contributed by atoms with Crippen molar-refractivity contribution in [2.45, 2.75) is 13.8 Å². The quantitative estimate of drug-likeness (QED) is 0.204. The van der Waals surface area contributed by atoms with Crippen LogP contribution >= 0.6 is 11.3 Å². The molecule has 0 fully saturated rings. The number of rotatable bonds is 4. The first kappa shape index (κ1) is 30.0. The molecule has 7 aromatic rings. The Labute approximate surface area is 295 Å². The van der Waals surface area contributed by atoms with Gasteiger partial charge in [0.05, 0.1) is 22.8 Å². The van der Waals surface area contributed by atoms with Gasteiger partial charge < -0.3 is 4.98 Å². The summed E-state index contributed by atoms with van der Waals surface area (Å²) in [6, 6.07) is 46.9. The van der Waals surface area contributed by atoms with Crippen LogP contribution in [0.15, 0.2) is 133 Å². The lowest BCUT2D eigenvalue weighted by molar-refractivity contribution is 1.32. The van der Waals surface area contributed by atoms with Gasteiger partial charge in [-0.25, -0.2) is 9.97 Å². The van der Waals surface area contributed by atoms with Crippen LogP contribution in [0.5, 0.6) is 0 Å². The summed E-state index contributed by atoms with van der Waals surface area (Å²) in [6.45, 7) is 4.50. The van der Waals surface area contributed by atoms with Gasteiger partial charge in [0.1, 0.15) is 0 Å². The molecule has 0 radical (unpaired) electrons. The largest absolute Gasteiger partial charge is 0.354 e. The number of aryl methyl sites for hydroxylation is 2. The van der Waals surface area contributed by atoms with E-state index in [4.69, 9.17) is 9.97 Å². The molecule has 0 aliphatic carbocycles. The molecule has 238 valence electrons. The van der Waals surface area contributed by atoms with Crippen molar-refractivity contribution >= 4 is 56.1 Å². The van der Waals surface area contributed by atoms with Gasteiger partial charge in [-0.05, 0) is 83.7 Å². The maximum Gasteiger partial charge on any atom is 0.0737 e. The van der Waals surface area contributed by atoms with E-state index < -0.39 is 0 Å². The number of nitrogens with zero attached hydrogens (tertiary/aromatic N) is 2. The minimum absolute atomic E-state index is 0.929. The van der Waals surface area contributed by atoms with Gasteiger partial charge in [0.2, 0.25) is 0 Å². The molecule has 3 aromatic heterocycles. The molecule has 3 nitrogen and oxygen atoms in total. The molecule has 4 aromatic carbocycles. The van der Waals surface area contributed by atoms with Crippen LogP contribution in [0.2, 0.25) is 0 Å². The minimum atomic E-state index is 0.929. The fourth-order valence-corrected chi connectivity index (χ4v) is 8.60. The van der Waals surface area contributed by atoms with E-state index in [0.717, 1.165) is 78.3 Å². The number of thiophene rings is 1. The van der Waals surface area contributed by atoms with Crippen LogP contribution in [0.4, 0.5) is 0 Å². The average molecular weight is 660 g/mol. The number of nitrogens with one attached hydrogen (secondary N) is 1. The SMILES string of the molecule is Cc1c(C)c2sc1c(-c1ccccc1)c1nc(c(-c3ccccc3)c3ccc([nH]3)c(-c3ccccc3)c3nc(c2-c2ccccc2)C=C3)C=C1. The lowest BCUT2D eigenvalue weighted by Gasteiger charge is -2.06. The number of hydrogen-bond donors (Lipinski definition) is 1. The Morgan fingerprint density at radius 3 is 1.02 bits per heavy atom. The molecule has 2 aliphatic rings. The summed E-state index contributed by atoms with van der Waals surface area (Å²) in [5.41, 5.74) is 17.2. The number of fused-ring (bicyclic) bond motifs is 8. The van der Waals surface area contributed by atoms with E-state index in [1.807, 2.05) is 11.3 Å². The van der Waals surface area contributed by atoms with Gasteiger partial charge >= 0.3 is 0 Å². The van der Waals surface area contributed by atoms with Gasteiger partial charge in [-0.2, -0.15) is 0 Å². The van der Waals surface area contributed by atoms with E-state index >= 15 is 0 Å². The molecular formula is C46H33N3S. The van der Waals surface area contributed by atoms with Gasteiger partial charge in [0.25, 0.3) is 0 Å². The molecule has 9 rings (SSSR count). The average Bonchev–Trinajstić information content (AvgIpc) is 3.99. The van der Waals surface area contributed by atoms with E-state index in [2.05, 4.69) is 177 Å². The summed E-state index contributed by atoms with van der Waals surface area (Å²) in [6.07, 6.45) is 8.71. The predicted molar refractivity (Wildman–Crippen MR) is 214 cm³/mol. The predicted octanol–water partition coefficient (Wildman–Crippen LogP) is 12.7. The lowest BCUT2D eigenvalue weighted by atomic mass is 10.00. The number of aromatic nitrogens is 3. The van der Waals surface area contributed by atoms with Crippen molar-refractivity contribution in [2.24, 2.45) is 0 Å². The normalized spacial score (nSPS) is 12.0. The maximum atomic E-state index is 5.45. The van der Waals surface area contributed by atoms with Gasteiger partial charge in [-0.15, -0.1) is 11.3 Å². The summed E-state index contributed by atoms with van der Waals surface area (Å²) in [7, 11) is 0. The van der Waals surface area contributed by atoms with Gasteiger partial charge in [-0.3, -0.25) is 0 Å². The summed E-state index contributed by atoms with van der Waals surface area (Å²) < 4.78 is 2.45. The molecule has 0 atom stereocenters. The lowest BCUT2D eigenvalue weighted by Crippen LogP contribution is -1.88. The number of benzene rings is 4. The maximum absolute atomic E-state index is 5.45. The summed E-state index contributed by atoms with van der Waals surface area (Å²) in [4.78, 5) is 14.7. The first-order chi connectivity index (χ1) is 24.6. The van der Waals surface area contributed by atoms with Crippen molar-refractivity contribution in [2.75, 3.05) is 0 Å². The minimum Gasteiger partial charge on any atom is -0.354 e. The van der Waals surface area contributed by atoms with Gasteiger partial charge in [-0.1, -0.05) is 121 Å². The number of hydrogen-bond acceptors (Lipinski definition) is 3. The Hall–Kier alpha value is -6.10. The highest BCUT2D eigenvalue weighted by Gasteiger charge is 2.21. The molecule has 50 heavy (non-hydrogen) atoms. The number of aromatic amines is 1. The molecule has 8 bridgehead atoms. The van der Waals surface area contributed by atoms with Crippen molar-refractivity contribution in [3.8, 4) is 44.5 Å². The molecule has 0 amide bonds. The smallest absolute Gasteiger partial charge is 0.0737 e. The Morgan fingerprint density at radius 2 is 0.680 bits per heavy atom. The first-order valence-corrected chi connectivity index (χ1v) is 17.7. The third-order valence-corrected chi connectivity index (χ3v) is 11.1. The van der Waals surface area contributed by atoms with Crippen LogP contribution in [0.3, 0.4) is 0 Å². The van der Waals surface area contributed by atoms with Crippen LogP contribution in [0.1, 0.15) is 33.9 Å². The Balaban J connectivity index is 1.53. The fourth-order valence-electron chi connectivity index (χ4n) is 7.13. The standard InChI is InChI=1S/C46H33N3S/c1-29-30(2)46-44(34-21-13-6-14-22-34)40-28-26-38(49-40)42(32-17-9-4-10-18-32)36-24-23-35(47-36)41(31-15-7-3-8-16-31)37-25-27-39(48-37)43(45(29)50-46)33-19-11-5-12-20-33/h3-28,47H,1-2H3. The van der Waals surface area contributed by atoms with Crippen molar-refractivity contribution in [3.05, 3.63) is 167 Å². The molecule has 1 N–H and O–H groups in total. The van der Waals surface area contributed by atoms with Crippen molar-refractivity contribution < 1.29 is 0 Å². The third-order valence-electron chi connectivity index (χ3n) is 9.68. The Bertz CT molecular complexity index is 2450. The number of H-pyrrole nitrogens is 1. The van der Waals surface area contributed by atoms with Crippen LogP contribution in [0.25, 0.3) is 89.2 Å². The molecule has 0 saturated carbocycles. The van der Waals surface area contributed by atoms with E-state index in [-0.39, 0.29) is 0 Å². The van der Waals surface area contributed by atoms with Crippen molar-refractivity contribution in [1.29, 1.82) is 0 Å². The first-order valence-electron chi connectivity index (χ1n) is 16.9. The zero-order valence-corrected chi connectivity index (χ0v) is 28.6. The van der Waals surface area contributed by atoms with Crippen LogP contribution in [-0.2, 0) is 0 Å². The highest BCUT2D eigenvalue weighted by atomic mass is 32.1. The molecule has 0 saturated heterocycles. The summed E-state index contributed by atoms with van der Waals surface area (Å²) in [5.74, 6) is 0. The second-order valence-electron chi connectivity index (χ2n) is 12.7. The van der Waals surface area contributed by atoms with Crippen LogP contribution < -0.4 is 0 Å². The topological polar surface area (TPSA) is 41.6 Å². The van der Waals surface area contributed by atoms with Crippen LogP contribution in [0, 0.1) is 13.8 Å². The van der Waals surface area contributed by atoms with E-state index in [9.17, 15) is 0 Å². The van der Waals surface area contributed by atoms with Crippen LogP contribution in [-0.4, -0.2) is 15.0 Å². The molecule has 0 unspecified atom stereocenters. The Kier molecular flexibility index (Phi) is 7.45.